The van der Waals surface area contributed by atoms with Crippen molar-refractivity contribution in [3.63, 3.8) is 0 Å². The SMILES string of the molecule is F.F.F.F.[Al].[Cs+].[H-]. The molecule has 0 saturated heterocycles. The van der Waals surface area contributed by atoms with Crippen LogP contribution in [-0.2, 0) is 0 Å². The Kier molecular flexibility index (Phi) is 760. The van der Waals surface area contributed by atoms with Crippen LogP contribution in [0.2, 0.25) is 0 Å². The summed E-state index contributed by atoms with van der Waals surface area (Å²) in [5.41, 5.74) is 0. The largest absolute Gasteiger partial charge is 1.00 e. The molecule has 0 N–H and O–H groups in total. The molecular weight excluding hydrogens is 236 g/mol. The molecule has 0 aliphatic heterocycles. The zero-order valence-electron chi connectivity index (χ0n) is 4.21. The van der Waals surface area contributed by atoms with E-state index in [2.05, 4.69) is 0 Å². The van der Waals surface area contributed by atoms with E-state index < -0.39 is 0 Å². The summed E-state index contributed by atoms with van der Waals surface area (Å²) in [4.78, 5) is 0. The van der Waals surface area contributed by atoms with Crippen molar-refractivity contribution in [2.45, 2.75) is 0 Å². The molecule has 0 aliphatic rings. The van der Waals surface area contributed by atoms with Gasteiger partial charge in [-0.25, -0.2) is 0 Å². The summed E-state index contributed by atoms with van der Waals surface area (Å²) in [5, 5.41) is 0. The Labute approximate surface area is 104 Å². The smallest absolute Gasteiger partial charge is 1.00 e. The first-order chi connectivity index (χ1) is 0. The summed E-state index contributed by atoms with van der Waals surface area (Å²) >= 11 is 0. The van der Waals surface area contributed by atoms with Crippen molar-refractivity contribution >= 4 is 17.4 Å². The maximum atomic E-state index is 0. The van der Waals surface area contributed by atoms with E-state index in [1.165, 1.54) is 0 Å². The molecule has 0 spiro atoms. The van der Waals surface area contributed by atoms with Crippen LogP contribution in [0.4, 0.5) is 18.8 Å². The van der Waals surface area contributed by atoms with Crippen molar-refractivity contribution in [2.75, 3.05) is 0 Å². The fourth-order valence-corrected chi connectivity index (χ4v) is 0. The van der Waals surface area contributed by atoms with Crippen LogP contribution < -0.4 is 68.9 Å². The third kappa shape index (κ3) is 33.4. The minimum Gasteiger partial charge on any atom is -1.00 e. The molecule has 0 aromatic carbocycles. The normalized spacial score (nSPS) is 0. The number of rotatable bonds is 0. The van der Waals surface area contributed by atoms with E-state index in [0.717, 1.165) is 0 Å². The van der Waals surface area contributed by atoms with Crippen molar-refractivity contribution in [3.8, 4) is 0 Å². The summed E-state index contributed by atoms with van der Waals surface area (Å²) in [7, 11) is 0. The first-order valence-corrected chi connectivity index (χ1v) is 0. The second kappa shape index (κ2) is 54.7. The van der Waals surface area contributed by atoms with Crippen molar-refractivity contribution in [1.29, 1.82) is 0 Å². The van der Waals surface area contributed by atoms with E-state index in [1.807, 2.05) is 0 Å². The number of hydrogen-bond donors (Lipinski definition) is 0. The average Bonchev–Trinajstić information content (AvgIpc) is 0. The quantitative estimate of drug-likeness (QED) is 0.321. The van der Waals surface area contributed by atoms with Gasteiger partial charge in [0.2, 0.25) is 0 Å². The van der Waals surface area contributed by atoms with Crippen molar-refractivity contribution in [3.05, 3.63) is 0 Å². The fraction of sp³-hybridized carbons (Fsp3) is 0. The Morgan fingerprint density at radius 3 is 0.667 bits per heavy atom. The Bertz CT molecular complexity index is 11.7. The Hall–Kier alpha value is 2.30. The zero-order valence-corrected chi connectivity index (χ0v) is 10.6. The topological polar surface area (TPSA) is 0 Å². The first kappa shape index (κ1) is 83.4. The molecule has 0 heterocycles. The maximum Gasteiger partial charge on any atom is 1.00 e. The average molecular weight is 241 g/mol. The predicted octanol–water partition coefficient (Wildman–Crippen LogP) is -2.65. The van der Waals surface area contributed by atoms with E-state index in [0.29, 0.717) is 0 Å². The molecule has 6 heavy (non-hydrogen) atoms. The van der Waals surface area contributed by atoms with Crippen LogP contribution in [0.25, 0.3) is 0 Å². The molecule has 0 unspecified atom stereocenters. The summed E-state index contributed by atoms with van der Waals surface area (Å²) in [6, 6.07) is 0. The van der Waals surface area contributed by atoms with E-state index in [-0.39, 0.29) is 106 Å². The molecule has 0 aromatic rings. The molecule has 0 bridgehead atoms. The van der Waals surface area contributed by atoms with Crippen LogP contribution >= 0.6 is 0 Å². The zero-order chi connectivity index (χ0) is 0. The van der Waals surface area contributed by atoms with Gasteiger partial charge in [-0.05, 0) is 0 Å². The van der Waals surface area contributed by atoms with Crippen molar-refractivity contribution in [1.82, 2.24) is 0 Å². The fourth-order valence-electron chi connectivity index (χ4n) is 0. The molecular formula is H5AlCsF4. The van der Waals surface area contributed by atoms with Crippen LogP contribution in [0.1, 0.15) is 1.43 Å². The monoisotopic (exact) mass is 241 g/mol. The van der Waals surface area contributed by atoms with Gasteiger partial charge in [-0.2, -0.15) is 0 Å². The van der Waals surface area contributed by atoms with E-state index in [4.69, 9.17) is 0 Å². The molecule has 37 valence electrons. The van der Waals surface area contributed by atoms with Crippen molar-refractivity contribution < 1.29 is 89.1 Å². The molecule has 0 atom stereocenters. The predicted molar refractivity (Wildman–Crippen MR) is 16.9 cm³/mol. The van der Waals surface area contributed by atoms with Gasteiger partial charge >= 0.3 is 68.9 Å². The molecule has 0 aliphatic carbocycles. The summed E-state index contributed by atoms with van der Waals surface area (Å²) in [6.45, 7) is 0. The maximum absolute atomic E-state index is 0. The molecule has 3 radical (unpaired) electrons. The van der Waals surface area contributed by atoms with Crippen LogP contribution in [0, 0.1) is 0 Å². The minimum atomic E-state index is 0. The van der Waals surface area contributed by atoms with Gasteiger partial charge in [0.25, 0.3) is 0 Å². The van der Waals surface area contributed by atoms with E-state index >= 15 is 0 Å². The van der Waals surface area contributed by atoms with E-state index in [9.17, 15) is 0 Å². The Morgan fingerprint density at radius 2 is 0.667 bits per heavy atom. The summed E-state index contributed by atoms with van der Waals surface area (Å²) < 4.78 is 0. The van der Waals surface area contributed by atoms with Crippen LogP contribution in [0.15, 0.2) is 0 Å². The molecule has 0 amide bonds. The molecule has 0 nitrogen and oxygen atoms in total. The third-order valence-corrected chi connectivity index (χ3v) is 0. The van der Waals surface area contributed by atoms with Gasteiger partial charge in [0.05, 0.1) is 0 Å². The van der Waals surface area contributed by atoms with Crippen LogP contribution in [0.3, 0.4) is 0 Å². The van der Waals surface area contributed by atoms with Gasteiger partial charge in [0.15, 0.2) is 0 Å². The number of hydrogen-bond acceptors (Lipinski definition) is 0. The third-order valence-electron chi connectivity index (χ3n) is 0. The van der Waals surface area contributed by atoms with Gasteiger partial charge < -0.3 is 1.43 Å². The second-order valence-electron chi connectivity index (χ2n) is 0. The molecule has 0 saturated carbocycles. The first-order valence-electron chi connectivity index (χ1n) is 0. The van der Waals surface area contributed by atoms with Gasteiger partial charge in [-0.3, -0.25) is 18.8 Å². The summed E-state index contributed by atoms with van der Waals surface area (Å²) in [6.07, 6.45) is 0. The van der Waals surface area contributed by atoms with Crippen LogP contribution in [-0.4, -0.2) is 17.4 Å². The molecule has 0 aromatic heterocycles. The van der Waals surface area contributed by atoms with E-state index in [1.54, 1.807) is 0 Å². The Balaban J connectivity index is 0. The van der Waals surface area contributed by atoms with Crippen molar-refractivity contribution in [2.24, 2.45) is 0 Å². The van der Waals surface area contributed by atoms with Gasteiger partial charge in [-0.15, -0.1) is 0 Å². The summed E-state index contributed by atoms with van der Waals surface area (Å²) in [5.74, 6) is 0. The molecule has 6 heteroatoms. The Morgan fingerprint density at radius 1 is 0.667 bits per heavy atom. The van der Waals surface area contributed by atoms with Crippen LogP contribution in [0.5, 0.6) is 0 Å². The van der Waals surface area contributed by atoms with Gasteiger partial charge in [-0.1, -0.05) is 0 Å². The van der Waals surface area contributed by atoms with Gasteiger partial charge in [0.1, 0.15) is 0 Å². The second-order valence-corrected chi connectivity index (χ2v) is 0. The molecule has 0 rings (SSSR count). The molecule has 0 fully saturated rings. The standard InChI is InChI=1S/Al.Cs.4FH.H/h;;4*1H;/q;+1;;;;;-1. The minimum absolute atomic E-state index is 0. The number of halogens is 4. The van der Waals surface area contributed by atoms with Gasteiger partial charge in [0, 0.05) is 17.4 Å².